The third-order valence-corrected chi connectivity index (χ3v) is 4.62. The van der Waals surface area contributed by atoms with E-state index >= 15 is 0 Å². The smallest absolute Gasteiger partial charge is 0.292 e. The maximum absolute atomic E-state index is 12.5. The van der Waals surface area contributed by atoms with Crippen LogP contribution in [-0.2, 0) is 0 Å². The monoisotopic (exact) mass is 355 g/mol. The number of carbonyl (C=O) groups is 1. The molecule has 1 saturated carbocycles. The highest BCUT2D eigenvalue weighted by molar-refractivity contribution is 6.05. The molecule has 0 aliphatic heterocycles. The molecule has 0 spiro atoms. The summed E-state index contributed by atoms with van der Waals surface area (Å²) in [5, 5.41) is 13.8. The second-order valence-electron chi connectivity index (χ2n) is 6.44. The molecule has 0 unspecified atom stereocenters. The number of nitrogens with zero attached hydrogens (tertiary/aromatic N) is 1. The van der Waals surface area contributed by atoms with Gasteiger partial charge in [-0.1, -0.05) is 6.07 Å². The first kappa shape index (κ1) is 17.7. The van der Waals surface area contributed by atoms with Crippen molar-refractivity contribution in [3.05, 3.63) is 57.6 Å². The van der Waals surface area contributed by atoms with Gasteiger partial charge < -0.3 is 15.8 Å². The number of benzene rings is 2. The molecule has 1 fully saturated rings. The van der Waals surface area contributed by atoms with Crippen LogP contribution in [0.5, 0.6) is 5.75 Å². The Balaban J connectivity index is 1.79. The summed E-state index contributed by atoms with van der Waals surface area (Å²) >= 11 is 0. The van der Waals surface area contributed by atoms with Crippen LogP contribution in [0, 0.1) is 17.0 Å². The standard InChI is InChI=1S/C19H21N3O4/c1-12-16(7-4-8-18(12)26-14-5-2-3-6-14)21-19(23)13-9-10-15(20)17(11-13)22(24)25/h4,7-11,14H,2-3,5-6,20H2,1H3,(H,21,23). The molecule has 0 radical (unpaired) electrons. The van der Waals surface area contributed by atoms with Crippen LogP contribution >= 0.6 is 0 Å². The largest absolute Gasteiger partial charge is 0.490 e. The van der Waals surface area contributed by atoms with E-state index < -0.39 is 10.8 Å². The van der Waals surface area contributed by atoms with E-state index in [4.69, 9.17) is 10.5 Å². The first-order valence-corrected chi connectivity index (χ1v) is 8.57. The molecule has 26 heavy (non-hydrogen) atoms. The van der Waals surface area contributed by atoms with Crippen LogP contribution in [0.25, 0.3) is 0 Å². The molecule has 1 amide bonds. The molecule has 0 saturated heterocycles. The molecule has 0 heterocycles. The molecule has 0 bridgehead atoms. The number of nitrogens with one attached hydrogen (secondary N) is 1. The number of anilines is 2. The Morgan fingerprint density at radius 2 is 2.00 bits per heavy atom. The summed E-state index contributed by atoms with van der Waals surface area (Å²) in [4.78, 5) is 22.9. The fourth-order valence-electron chi connectivity index (χ4n) is 3.10. The van der Waals surface area contributed by atoms with Crippen molar-refractivity contribution in [1.82, 2.24) is 0 Å². The van der Waals surface area contributed by atoms with Gasteiger partial charge >= 0.3 is 0 Å². The molecular weight excluding hydrogens is 334 g/mol. The molecule has 1 aliphatic rings. The normalized spacial score (nSPS) is 14.2. The zero-order chi connectivity index (χ0) is 18.7. The summed E-state index contributed by atoms with van der Waals surface area (Å²) in [6.45, 7) is 1.88. The summed E-state index contributed by atoms with van der Waals surface area (Å²) in [7, 11) is 0. The molecule has 2 aromatic rings. The molecule has 0 atom stereocenters. The lowest BCUT2D eigenvalue weighted by Crippen LogP contribution is -2.15. The van der Waals surface area contributed by atoms with Gasteiger partial charge in [-0.2, -0.15) is 0 Å². The van der Waals surface area contributed by atoms with Crippen molar-refractivity contribution >= 4 is 23.0 Å². The lowest BCUT2D eigenvalue weighted by atomic mass is 10.1. The highest BCUT2D eigenvalue weighted by Crippen LogP contribution is 2.30. The van der Waals surface area contributed by atoms with E-state index in [1.165, 1.54) is 31.0 Å². The Hall–Kier alpha value is -3.09. The number of carbonyl (C=O) groups excluding carboxylic acids is 1. The van der Waals surface area contributed by atoms with Gasteiger partial charge in [-0.15, -0.1) is 0 Å². The lowest BCUT2D eigenvalue weighted by molar-refractivity contribution is -0.383. The zero-order valence-electron chi connectivity index (χ0n) is 14.5. The van der Waals surface area contributed by atoms with Gasteiger partial charge in [-0.3, -0.25) is 14.9 Å². The quantitative estimate of drug-likeness (QED) is 0.478. The summed E-state index contributed by atoms with van der Waals surface area (Å²) in [6, 6.07) is 9.49. The predicted molar refractivity (Wildman–Crippen MR) is 99.5 cm³/mol. The number of ether oxygens (including phenoxy) is 1. The Labute approximate surface area is 151 Å². The second kappa shape index (κ2) is 7.43. The number of hydrogen-bond acceptors (Lipinski definition) is 5. The minimum atomic E-state index is -0.604. The average molecular weight is 355 g/mol. The van der Waals surface area contributed by atoms with Crippen molar-refractivity contribution in [2.45, 2.75) is 38.7 Å². The van der Waals surface area contributed by atoms with Gasteiger partial charge in [0.05, 0.1) is 11.0 Å². The van der Waals surface area contributed by atoms with Gasteiger partial charge in [0.1, 0.15) is 11.4 Å². The third kappa shape index (κ3) is 3.77. The molecule has 7 nitrogen and oxygen atoms in total. The van der Waals surface area contributed by atoms with Crippen molar-refractivity contribution in [1.29, 1.82) is 0 Å². The van der Waals surface area contributed by atoms with E-state index in [1.54, 1.807) is 6.07 Å². The molecular formula is C19H21N3O4. The number of rotatable bonds is 5. The van der Waals surface area contributed by atoms with Crippen molar-refractivity contribution < 1.29 is 14.5 Å². The summed E-state index contributed by atoms with van der Waals surface area (Å²) in [5.41, 5.74) is 6.93. The molecule has 1 aliphatic carbocycles. The minimum absolute atomic E-state index is 0.0229. The van der Waals surface area contributed by atoms with E-state index in [-0.39, 0.29) is 23.0 Å². The van der Waals surface area contributed by atoms with E-state index in [0.29, 0.717) is 5.69 Å². The fourth-order valence-corrected chi connectivity index (χ4v) is 3.10. The van der Waals surface area contributed by atoms with Crippen molar-refractivity contribution in [2.24, 2.45) is 0 Å². The van der Waals surface area contributed by atoms with E-state index in [0.717, 1.165) is 24.2 Å². The molecule has 2 aromatic carbocycles. The Kier molecular flexibility index (Phi) is 5.06. The highest BCUT2D eigenvalue weighted by atomic mass is 16.6. The first-order valence-electron chi connectivity index (χ1n) is 8.57. The summed E-state index contributed by atoms with van der Waals surface area (Å²) in [5.74, 6) is 0.312. The van der Waals surface area contributed by atoms with Gasteiger partial charge in [0.2, 0.25) is 0 Å². The average Bonchev–Trinajstić information content (AvgIpc) is 3.11. The zero-order valence-corrected chi connectivity index (χ0v) is 14.5. The van der Waals surface area contributed by atoms with Gasteiger partial charge in [0, 0.05) is 22.9 Å². The van der Waals surface area contributed by atoms with Gasteiger partial charge in [-0.25, -0.2) is 0 Å². The van der Waals surface area contributed by atoms with E-state index in [1.807, 2.05) is 19.1 Å². The highest BCUT2D eigenvalue weighted by Gasteiger charge is 2.19. The van der Waals surface area contributed by atoms with Crippen molar-refractivity contribution in [3.8, 4) is 5.75 Å². The minimum Gasteiger partial charge on any atom is -0.490 e. The van der Waals surface area contributed by atoms with Gasteiger partial charge in [0.25, 0.3) is 11.6 Å². The van der Waals surface area contributed by atoms with Crippen molar-refractivity contribution in [2.75, 3.05) is 11.1 Å². The number of nitrogens with two attached hydrogens (primary N) is 1. The Morgan fingerprint density at radius 1 is 1.27 bits per heavy atom. The number of nitrogen functional groups attached to an aromatic ring is 1. The van der Waals surface area contributed by atoms with Gasteiger partial charge in [0.15, 0.2) is 0 Å². The van der Waals surface area contributed by atoms with Crippen LogP contribution in [0.2, 0.25) is 0 Å². The first-order chi connectivity index (χ1) is 12.5. The van der Waals surface area contributed by atoms with Crippen molar-refractivity contribution in [3.63, 3.8) is 0 Å². The van der Waals surface area contributed by atoms with Crippen LogP contribution < -0.4 is 15.8 Å². The number of nitro groups is 1. The molecule has 3 rings (SSSR count). The molecule has 3 N–H and O–H groups in total. The van der Waals surface area contributed by atoms with Crippen LogP contribution in [0.15, 0.2) is 36.4 Å². The van der Waals surface area contributed by atoms with Crippen LogP contribution in [0.4, 0.5) is 17.1 Å². The number of hydrogen-bond donors (Lipinski definition) is 2. The predicted octanol–water partition coefficient (Wildman–Crippen LogP) is 4.06. The summed E-state index contributed by atoms with van der Waals surface area (Å²) in [6.07, 6.45) is 4.67. The topological polar surface area (TPSA) is 107 Å². The van der Waals surface area contributed by atoms with Gasteiger partial charge in [-0.05, 0) is 56.9 Å². The lowest BCUT2D eigenvalue weighted by Gasteiger charge is -2.17. The second-order valence-corrected chi connectivity index (χ2v) is 6.44. The van der Waals surface area contributed by atoms with E-state index in [2.05, 4.69) is 5.32 Å². The SMILES string of the molecule is Cc1c(NC(=O)c2ccc(N)c([N+](=O)[O-])c2)cccc1OC1CCCC1. The van der Waals surface area contributed by atoms with E-state index in [9.17, 15) is 14.9 Å². The maximum atomic E-state index is 12.5. The molecule has 7 heteroatoms. The summed E-state index contributed by atoms with van der Waals surface area (Å²) < 4.78 is 6.04. The fraction of sp³-hybridized carbons (Fsp3) is 0.316. The molecule has 136 valence electrons. The number of amides is 1. The Bertz CT molecular complexity index is 845. The van der Waals surface area contributed by atoms with Crippen LogP contribution in [-0.4, -0.2) is 16.9 Å². The molecule has 0 aromatic heterocycles. The Morgan fingerprint density at radius 3 is 2.69 bits per heavy atom. The van der Waals surface area contributed by atoms with Crippen LogP contribution in [0.1, 0.15) is 41.6 Å². The third-order valence-electron chi connectivity index (χ3n) is 4.62. The number of nitro benzene ring substituents is 1. The maximum Gasteiger partial charge on any atom is 0.292 e. The van der Waals surface area contributed by atoms with Crippen LogP contribution in [0.3, 0.4) is 0 Å².